The number of benzene rings is 1. The fourth-order valence-electron chi connectivity index (χ4n) is 2.78. The van der Waals surface area contributed by atoms with E-state index in [1.165, 1.54) is 12.1 Å². The molecule has 0 aromatic heterocycles. The number of rotatable bonds is 5. The normalized spacial score (nSPS) is 18.4. The fraction of sp³-hybridized carbons (Fsp3) is 0.462. The number of hydrogen-bond acceptors (Lipinski definition) is 4. The molecule has 1 unspecified atom stereocenters. The van der Waals surface area contributed by atoms with E-state index < -0.39 is 16.3 Å². The van der Waals surface area contributed by atoms with Gasteiger partial charge in [-0.15, -0.1) is 0 Å². The van der Waals surface area contributed by atoms with Crippen LogP contribution in [0.15, 0.2) is 24.3 Å². The lowest BCUT2D eigenvalue weighted by molar-refractivity contribution is -0.384. The SMILES string of the molecule is NCC(c1ccc([N+](=O)[O-])cc1)C1(C(=O)O)CCC1. The minimum Gasteiger partial charge on any atom is -0.481 e. The van der Waals surface area contributed by atoms with Gasteiger partial charge in [-0.3, -0.25) is 14.9 Å². The fourth-order valence-corrected chi connectivity index (χ4v) is 2.78. The third-order valence-electron chi connectivity index (χ3n) is 4.08. The lowest BCUT2D eigenvalue weighted by atomic mass is 9.59. The standard InChI is InChI=1S/C13H16N2O4/c14-8-11(13(12(16)17)6-1-7-13)9-2-4-10(5-3-9)15(18)19/h2-5,11H,1,6-8,14H2,(H,16,17). The van der Waals surface area contributed by atoms with Crippen molar-refractivity contribution in [2.45, 2.75) is 25.2 Å². The smallest absolute Gasteiger partial charge is 0.310 e. The van der Waals surface area contributed by atoms with E-state index in [2.05, 4.69) is 0 Å². The highest BCUT2D eigenvalue weighted by molar-refractivity contribution is 5.77. The monoisotopic (exact) mass is 264 g/mol. The summed E-state index contributed by atoms with van der Waals surface area (Å²) >= 11 is 0. The average molecular weight is 264 g/mol. The number of carboxylic acids is 1. The maximum Gasteiger partial charge on any atom is 0.310 e. The van der Waals surface area contributed by atoms with Gasteiger partial charge >= 0.3 is 5.97 Å². The lowest BCUT2D eigenvalue weighted by Crippen LogP contribution is -2.45. The molecule has 1 aromatic rings. The van der Waals surface area contributed by atoms with Crippen LogP contribution in [0.1, 0.15) is 30.7 Å². The zero-order valence-corrected chi connectivity index (χ0v) is 10.4. The van der Waals surface area contributed by atoms with Crippen LogP contribution in [0.25, 0.3) is 0 Å². The number of non-ortho nitro benzene ring substituents is 1. The van der Waals surface area contributed by atoms with Crippen LogP contribution in [0.4, 0.5) is 5.69 Å². The van der Waals surface area contributed by atoms with Crippen LogP contribution in [-0.4, -0.2) is 22.5 Å². The number of aliphatic carboxylic acids is 1. The Labute approximate surface area is 110 Å². The molecule has 1 aliphatic rings. The molecule has 0 heterocycles. The number of nitrogens with zero attached hydrogens (tertiary/aromatic N) is 1. The van der Waals surface area contributed by atoms with E-state index in [4.69, 9.17) is 5.73 Å². The van der Waals surface area contributed by atoms with E-state index in [1.807, 2.05) is 0 Å². The molecule has 0 saturated heterocycles. The number of nitro groups is 1. The third-order valence-corrected chi connectivity index (χ3v) is 4.08. The van der Waals surface area contributed by atoms with E-state index >= 15 is 0 Å². The molecule has 1 atom stereocenters. The summed E-state index contributed by atoms with van der Waals surface area (Å²) in [6, 6.07) is 6.01. The van der Waals surface area contributed by atoms with Crippen LogP contribution in [0.3, 0.4) is 0 Å². The summed E-state index contributed by atoms with van der Waals surface area (Å²) in [4.78, 5) is 21.6. The molecule has 0 amide bonds. The molecule has 6 heteroatoms. The Morgan fingerprint density at radius 3 is 2.32 bits per heavy atom. The van der Waals surface area contributed by atoms with E-state index in [-0.39, 0.29) is 18.2 Å². The molecule has 0 spiro atoms. The molecular weight excluding hydrogens is 248 g/mol. The Morgan fingerprint density at radius 1 is 1.42 bits per heavy atom. The molecule has 6 nitrogen and oxygen atoms in total. The Balaban J connectivity index is 2.31. The van der Waals surface area contributed by atoms with Gasteiger partial charge in [0.25, 0.3) is 5.69 Å². The van der Waals surface area contributed by atoms with Crippen LogP contribution >= 0.6 is 0 Å². The first-order valence-electron chi connectivity index (χ1n) is 6.19. The van der Waals surface area contributed by atoms with Gasteiger partial charge < -0.3 is 10.8 Å². The molecule has 0 aliphatic heterocycles. The van der Waals surface area contributed by atoms with E-state index in [0.717, 1.165) is 12.0 Å². The molecule has 102 valence electrons. The van der Waals surface area contributed by atoms with Gasteiger partial charge in [-0.05, 0) is 18.4 Å². The first-order chi connectivity index (χ1) is 9.01. The predicted molar refractivity (Wildman–Crippen MR) is 68.8 cm³/mol. The lowest BCUT2D eigenvalue weighted by Gasteiger charge is -2.44. The highest BCUT2D eigenvalue weighted by atomic mass is 16.6. The summed E-state index contributed by atoms with van der Waals surface area (Å²) in [5.41, 5.74) is 5.70. The quantitative estimate of drug-likeness (QED) is 0.623. The van der Waals surface area contributed by atoms with E-state index in [0.29, 0.717) is 12.8 Å². The molecule has 2 rings (SSSR count). The van der Waals surface area contributed by atoms with Crippen LogP contribution in [0.5, 0.6) is 0 Å². The molecule has 1 fully saturated rings. The van der Waals surface area contributed by atoms with Crippen molar-refractivity contribution < 1.29 is 14.8 Å². The summed E-state index contributed by atoms with van der Waals surface area (Å²) in [6.45, 7) is 0.226. The van der Waals surface area contributed by atoms with Crippen molar-refractivity contribution in [2.75, 3.05) is 6.54 Å². The largest absolute Gasteiger partial charge is 0.481 e. The second-order valence-corrected chi connectivity index (χ2v) is 4.95. The molecule has 0 bridgehead atoms. The van der Waals surface area contributed by atoms with Crippen molar-refractivity contribution in [1.29, 1.82) is 0 Å². The molecular formula is C13H16N2O4. The number of nitrogens with two attached hydrogens (primary N) is 1. The van der Waals surface area contributed by atoms with Crippen molar-refractivity contribution in [2.24, 2.45) is 11.1 Å². The van der Waals surface area contributed by atoms with E-state index in [9.17, 15) is 20.0 Å². The van der Waals surface area contributed by atoms with Crippen LogP contribution < -0.4 is 5.73 Å². The summed E-state index contributed by atoms with van der Waals surface area (Å²) in [6.07, 6.45) is 2.11. The van der Waals surface area contributed by atoms with Gasteiger partial charge in [-0.25, -0.2) is 0 Å². The molecule has 1 saturated carbocycles. The first kappa shape index (κ1) is 13.5. The zero-order chi connectivity index (χ0) is 14.0. The summed E-state index contributed by atoms with van der Waals surface area (Å²) in [7, 11) is 0. The number of hydrogen-bond donors (Lipinski definition) is 2. The van der Waals surface area contributed by atoms with Gasteiger partial charge in [-0.1, -0.05) is 18.6 Å². The maximum atomic E-state index is 11.5. The van der Waals surface area contributed by atoms with E-state index in [1.54, 1.807) is 12.1 Å². The second-order valence-electron chi connectivity index (χ2n) is 4.95. The van der Waals surface area contributed by atoms with Gasteiger partial charge in [0.15, 0.2) is 0 Å². The molecule has 1 aliphatic carbocycles. The Morgan fingerprint density at radius 2 is 2.00 bits per heavy atom. The maximum absolute atomic E-state index is 11.5. The van der Waals surface area contributed by atoms with Crippen LogP contribution in [0.2, 0.25) is 0 Å². The minimum absolute atomic E-state index is 0.00231. The Kier molecular flexibility index (Phi) is 3.53. The minimum atomic E-state index is -0.826. The average Bonchev–Trinajstić information content (AvgIpc) is 2.33. The third kappa shape index (κ3) is 2.19. The van der Waals surface area contributed by atoms with Gasteiger partial charge in [0.2, 0.25) is 0 Å². The summed E-state index contributed by atoms with van der Waals surface area (Å²) in [5.74, 6) is -1.12. The van der Waals surface area contributed by atoms with Gasteiger partial charge in [0.1, 0.15) is 0 Å². The highest BCUT2D eigenvalue weighted by Gasteiger charge is 2.50. The van der Waals surface area contributed by atoms with Gasteiger partial charge in [0, 0.05) is 24.6 Å². The van der Waals surface area contributed by atoms with Crippen LogP contribution in [0, 0.1) is 15.5 Å². The Bertz CT molecular complexity index is 494. The summed E-state index contributed by atoms with van der Waals surface area (Å²) in [5, 5.41) is 20.0. The highest BCUT2D eigenvalue weighted by Crippen LogP contribution is 2.51. The molecule has 1 aromatic carbocycles. The summed E-state index contributed by atoms with van der Waals surface area (Å²) < 4.78 is 0. The number of carboxylic acid groups (broad SMARTS) is 1. The predicted octanol–water partition coefficient (Wildman–Crippen LogP) is 1.89. The Hall–Kier alpha value is -1.95. The second kappa shape index (κ2) is 4.97. The van der Waals surface area contributed by atoms with Crippen molar-refractivity contribution >= 4 is 11.7 Å². The number of carbonyl (C=O) groups is 1. The van der Waals surface area contributed by atoms with Crippen molar-refractivity contribution in [3.8, 4) is 0 Å². The van der Waals surface area contributed by atoms with Gasteiger partial charge in [0.05, 0.1) is 10.3 Å². The zero-order valence-electron chi connectivity index (χ0n) is 10.4. The number of nitro benzene ring substituents is 1. The topological polar surface area (TPSA) is 106 Å². The van der Waals surface area contributed by atoms with Gasteiger partial charge in [-0.2, -0.15) is 0 Å². The molecule has 0 radical (unpaired) electrons. The van der Waals surface area contributed by atoms with Crippen molar-refractivity contribution in [3.63, 3.8) is 0 Å². The van der Waals surface area contributed by atoms with Crippen LogP contribution in [-0.2, 0) is 4.79 Å². The van der Waals surface area contributed by atoms with Crippen molar-refractivity contribution in [1.82, 2.24) is 0 Å². The molecule has 3 N–H and O–H groups in total. The molecule has 19 heavy (non-hydrogen) atoms. The first-order valence-corrected chi connectivity index (χ1v) is 6.19. The van der Waals surface area contributed by atoms with Crippen molar-refractivity contribution in [3.05, 3.63) is 39.9 Å².